The molecule has 0 aliphatic heterocycles. The van der Waals surface area contributed by atoms with Crippen LogP contribution in [0.1, 0.15) is 12.3 Å². The van der Waals surface area contributed by atoms with Crippen LogP contribution in [0, 0.1) is 0 Å². The number of carbonyl (C=O) groups excluding carboxylic acids is 1. The van der Waals surface area contributed by atoms with Crippen LogP contribution in [0.2, 0.25) is 0 Å². The van der Waals surface area contributed by atoms with Gasteiger partial charge in [0.05, 0.1) is 25.7 Å². The first-order valence-electron chi connectivity index (χ1n) is 8.06. The molecule has 0 atom stereocenters. The van der Waals surface area contributed by atoms with Crippen molar-refractivity contribution in [2.45, 2.75) is 12.2 Å². The van der Waals surface area contributed by atoms with Gasteiger partial charge in [0, 0.05) is 25.8 Å². The van der Waals surface area contributed by atoms with Gasteiger partial charge >= 0.3 is 0 Å². The van der Waals surface area contributed by atoms with Crippen molar-refractivity contribution in [1.82, 2.24) is 15.5 Å². The number of amides is 1. The number of carbonyl (C=O) groups is 1. The molecule has 1 aromatic carbocycles. The summed E-state index contributed by atoms with van der Waals surface area (Å²) in [5.74, 6) is 2.93. The van der Waals surface area contributed by atoms with Gasteiger partial charge in [0.25, 0.3) is 0 Å². The molecular formula is C17H23N3O5S. The van der Waals surface area contributed by atoms with Gasteiger partial charge < -0.3 is 24.1 Å². The molecule has 0 bridgehead atoms. The van der Waals surface area contributed by atoms with Crippen molar-refractivity contribution in [1.29, 1.82) is 0 Å². The summed E-state index contributed by atoms with van der Waals surface area (Å²) >= 11 is 1.42. The van der Waals surface area contributed by atoms with Crippen LogP contribution < -0.4 is 14.8 Å². The first-order valence-corrected chi connectivity index (χ1v) is 9.21. The summed E-state index contributed by atoms with van der Waals surface area (Å²) in [6, 6.07) is 5.40. The Morgan fingerprint density at radius 1 is 1.23 bits per heavy atom. The molecule has 1 N–H and O–H groups in total. The predicted molar refractivity (Wildman–Crippen MR) is 98.5 cm³/mol. The molecule has 9 heteroatoms. The van der Waals surface area contributed by atoms with Gasteiger partial charge in [-0.1, -0.05) is 5.16 Å². The van der Waals surface area contributed by atoms with Gasteiger partial charge in [0.2, 0.25) is 17.6 Å². The second kappa shape index (κ2) is 10.7. The molecule has 0 fully saturated rings. The first-order chi connectivity index (χ1) is 12.7. The van der Waals surface area contributed by atoms with Gasteiger partial charge in [-0.2, -0.15) is 4.98 Å². The van der Waals surface area contributed by atoms with E-state index in [1.54, 1.807) is 33.5 Å². The lowest BCUT2D eigenvalue weighted by molar-refractivity contribution is -0.118. The predicted octanol–water partition coefficient (Wildman–Crippen LogP) is 2.14. The molecule has 0 radical (unpaired) electrons. The first kappa shape index (κ1) is 20.1. The average Bonchev–Trinajstić information content (AvgIpc) is 3.13. The second-order valence-corrected chi connectivity index (χ2v) is 6.26. The van der Waals surface area contributed by atoms with Gasteiger partial charge in [-0.15, -0.1) is 11.8 Å². The molecule has 0 aliphatic rings. The maximum absolute atomic E-state index is 11.7. The number of benzene rings is 1. The van der Waals surface area contributed by atoms with E-state index in [0.717, 1.165) is 12.0 Å². The normalized spacial score (nSPS) is 10.6. The van der Waals surface area contributed by atoms with Crippen LogP contribution in [0.25, 0.3) is 11.4 Å². The minimum atomic E-state index is -0.0225. The van der Waals surface area contributed by atoms with E-state index in [1.165, 1.54) is 11.8 Å². The number of nitrogens with one attached hydrogen (secondary N) is 1. The third kappa shape index (κ3) is 5.92. The summed E-state index contributed by atoms with van der Waals surface area (Å²) in [7, 11) is 4.79. The van der Waals surface area contributed by atoms with Crippen LogP contribution in [-0.2, 0) is 15.3 Å². The molecule has 0 unspecified atom stereocenters. The fourth-order valence-electron chi connectivity index (χ4n) is 2.13. The summed E-state index contributed by atoms with van der Waals surface area (Å²) < 4.78 is 20.7. The van der Waals surface area contributed by atoms with Crippen molar-refractivity contribution in [3.05, 3.63) is 24.1 Å². The molecule has 0 spiro atoms. The lowest BCUT2D eigenvalue weighted by Gasteiger charge is -2.07. The van der Waals surface area contributed by atoms with E-state index in [-0.39, 0.29) is 5.91 Å². The molecule has 1 amide bonds. The largest absolute Gasteiger partial charge is 0.493 e. The van der Waals surface area contributed by atoms with Gasteiger partial charge in [-0.3, -0.25) is 4.79 Å². The van der Waals surface area contributed by atoms with Crippen LogP contribution in [0.3, 0.4) is 0 Å². The molecule has 0 saturated carbocycles. The number of thioether (sulfide) groups is 1. The van der Waals surface area contributed by atoms with E-state index in [4.69, 9.17) is 18.7 Å². The third-order valence-electron chi connectivity index (χ3n) is 3.42. The number of hydrogen-bond acceptors (Lipinski definition) is 8. The number of nitrogens with zero attached hydrogens (tertiary/aromatic N) is 2. The molecule has 0 saturated heterocycles. The zero-order valence-electron chi connectivity index (χ0n) is 15.1. The molecule has 8 nitrogen and oxygen atoms in total. The SMILES string of the molecule is COCCCNC(=O)CSCc1nc(-c2ccc(OC)c(OC)c2)no1. The maximum atomic E-state index is 11.7. The highest BCUT2D eigenvalue weighted by Crippen LogP contribution is 2.31. The van der Waals surface area contributed by atoms with E-state index >= 15 is 0 Å². The highest BCUT2D eigenvalue weighted by atomic mass is 32.2. The van der Waals surface area contributed by atoms with Crippen LogP contribution in [-0.4, -0.2) is 56.3 Å². The Labute approximate surface area is 156 Å². The number of hydrogen-bond donors (Lipinski definition) is 1. The Balaban J connectivity index is 1.83. The fraction of sp³-hybridized carbons (Fsp3) is 0.471. The van der Waals surface area contributed by atoms with Crippen molar-refractivity contribution < 1.29 is 23.5 Å². The topological polar surface area (TPSA) is 95.7 Å². The van der Waals surface area contributed by atoms with E-state index < -0.39 is 0 Å². The van der Waals surface area contributed by atoms with Crippen molar-refractivity contribution >= 4 is 17.7 Å². The second-order valence-electron chi connectivity index (χ2n) is 5.27. The Morgan fingerprint density at radius 2 is 2.04 bits per heavy atom. The Bertz CT molecular complexity index is 707. The average molecular weight is 381 g/mol. The smallest absolute Gasteiger partial charge is 0.236 e. The number of ether oxygens (including phenoxy) is 3. The summed E-state index contributed by atoms with van der Waals surface area (Å²) in [6.45, 7) is 1.24. The van der Waals surface area contributed by atoms with Gasteiger partial charge in [-0.05, 0) is 24.6 Å². The van der Waals surface area contributed by atoms with Crippen LogP contribution in [0.15, 0.2) is 22.7 Å². The van der Waals surface area contributed by atoms with Gasteiger partial charge in [0.1, 0.15) is 0 Å². The minimum absolute atomic E-state index is 0.0225. The molecule has 2 rings (SSSR count). The van der Waals surface area contributed by atoms with E-state index in [9.17, 15) is 4.79 Å². The molecule has 1 heterocycles. The third-order valence-corrected chi connectivity index (χ3v) is 4.33. The minimum Gasteiger partial charge on any atom is -0.493 e. The molecule has 142 valence electrons. The Hall–Kier alpha value is -2.26. The van der Waals surface area contributed by atoms with E-state index in [0.29, 0.717) is 47.9 Å². The summed E-state index contributed by atoms with van der Waals surface area (Å²) in [6.07, 6.45) is 0.797. The Morgan fingerprint density at radius 3 is 2.77 bits per heavy atom. The summed E-state index contributed by atoms with van der Waals surface area (Å²) in [5.41, 5.74) is 0.763. The van der Waals surface area contributed by atoms with E-state index in [1.807, 2.05) is 6.07 Å². The quantitative estimate of drug-likeness (QED) is 0.592. The lowest BCUT2D eigenvalue weighted by Crippen LogP contribution is -2.26. The molecule has 0 aliphatic carbocycles. The highest BCUT2D eigenvalue weighted by Gasteiger charge is 2.12. The van der Waals surface area contributed by atoms with Crippen molar-refractivity contribution in [3.8, 4) is 22.9 Å². The van der Waals surface area contributed by atoms with Crippen LogP contribution in [0.5, 0.6) is 11.5 Å². The van der Waals surface area contributed by atoms with Gasteiger partial charge in [-0.25, -0.2) is 0 Å². The molecular weight excluding hydrogens is 358 g/mol. The summed E-state index contributed by atoms with van der Waals surface area (Å²) in [5, 5.41) is 6.80. The number of aromatic nitrogens is 2. The molecule has 2 aromatic rings. The van der Waals surface area contributed by atoms with E-state index in [2.05, 4.69) is 15.5 Å². The summed E-state index contributed by atoms with van der Waals surface area (Å²) in [4.78, 5) is 16.0. The monoisotopic (exact) mass is 381 g/mol. The zero-order valence-corrected chi connectivity index (χ0v) is 15.9. The Kier molecular flexibility index (Phi) is 8.23. The zero-order chi connectivity index (χ0) is 18.8. The van der Waals surface area contributed by atoms with Crippen LogP contribution in [0.4, 0.5) is 0 Å². The highest BCUT2D eigenvalue weighted by molar-refractivity contribution is 7.99. The number of methoxy groups -OCH3 is 3. The molecule has 26 heavy (non-hydrogen) atoms. The van der Waals surface area contributed by atoms with Crippen molar-refractivity contribution in [2.24, 2.45) is 0 Å². The maximum Gasteiger partial charge on any atom is 0.236 e. The van der Waals surface area contributed by atoms with Crippen LogP contribution >= 0.6 is 11.8 Å². The fourth-order valence-corrected chi connectivity index (χ4v) is 2.81. The lowest BCUT2D eigenvalue weighted by atomic mass is 10.2. The van der Waals surface area contributed by atoms with Crippen molar-refractivity contribution in [2.75, 3.05) is 40.2 Å². The van der Waals surface area contributed by atoms with Gasteiger partial charge in [0.15, 0.2) is 11.5 Å². The molecule has 1 aromatic heterocycles. The standard InChI is InChI=1S/C17H23N3O5S/c1-22-8-4-7-18-15(21)10-26-11-16-19-17(20-25-16)12-5-6-13(23-2)14(9-12)24-3/h5-6,9H,4,7-8,10-11H2,1-3H3,(H,18,21). The number of rotatable bonds is 11. The van der Waals surface area contributed by atoms with Crippen molar-refractivity contribution in [3.63, 3.8) is 0 Å².